The number of nitro groups is 1. The summed E-state index contributed by atoms with van der Waals surface area (Å²) < 4.78 is 104. The number of carbonyl (C=O) groups excluding carboxylic acids is 2. The minimum atomic E-state index is -5.21. The molecule has 2 aliphatic rings. The number of azo groups is 1. The molecule has 0 heterocycles. The maximum Gasteiger partial charge on any atom is 0.296 e. The van der Waals surface area contributed by atoms with E-state index in [1.165, 1.54) is 42.5 Å². The number of nitrogens with zero attached hydrogens (tertiary/aromatic N) is 5. The first-order valence-electron chi connectivity index (χ1n) is 17.5. The molecule has 9 N–H and O–H groups in total. The fourth-order valence-electron chi connectivity index (χ4n) is 6.28. The van der Waals surface area contributed by atoms with Crippen LogP contribution in [0.15, 0.2) is 132 Å². The Morgan fingerprint density at radius 1 is 0.603 bits per heavy atom. The Kier molecular flexibility index (Phi) is 11.2. The molecule has 0 spiro atoms. The molecule has 0 bridgehead atoms. The van der Waals surface area contributed by atoms with E-state index in [1.807, 2.05) is 0 Å². The van der Waals surface area contributed by atoms with Crippen LogP contribution in [0, 0.1) is 10.1 Å². The van der Waals surface area contributed by atoms with Gasteiger partial charge in [0, 0.05) is 17.8 Å². The number of hydrogen-bond donors (Lipinski definition) is 7. The molecule has 5 aromatic rings. The molecule has 0 radical (unpaired) electrons. The monoisotopic (exact) mass is 913 g/mol. The third kappa shape index (κ3) is 8.84. The summed E-state index contributed by atoms with van der Waals surface area (Å²) in [5.41, 5.74) is 15.3. The van der Waals surface area contributed by atoms with E-state index < -0.39 is 95.5 Å². The van der Waals surface area contributed by atoms with Crippen LogP contribution in [0.5, 0.6) is 0 Å². The van der Waals surface area contributed by atoms with Crippen LogP contribution in [-0.2, 0) is 30.4 Å². The molecule has 0 aliphatic heterocycles. The van der Waals surface area contributed by atoms with Gasteiger partial charge in [0.1, 0.15) is 20.4 Å². The van der Waals surface area contributed by atoms with Crippen molar-refractivity contribution in [1.29, 1.82) is 0 Å². The van der Waals surface area contributed by atoms with Crippen molar-refractivity contribution in [3.8, 4) is 11.1 Å². The number of rotatable bonds is 11. The van der Waals surface area contributed by atoms with Gasteiger partial charge in [-0.3, -0.25) is 44.2 Å². The summed E-state index contributed by atoms with van der Waals surface area (Å²) in [4.78, 5) is 34.6. The first-order chi connectivity index (χ1) is 29.6. The van der Waals surface area contributed by atoms with Crippen molar-refractivity contribution >= 4 is 105 Å². The predicted octanol–water partition coefficient (Wildman–Crippen LogP) is 5.87. The van der Waals surface area contributed by atoms with Crippen molar-refractivity contribution in [3.63, 3.8) is 0 Å². The van der Waals surface area contributed by atoms with Crippen molar-refractivity contribution in [1.82, 2.24) is 0 Å². The third-order valence-corrected chi connectivity index (χ3v) is 11.8. The molecule has 0 saturated heterocycles. The molecule has 7 rings (SSSR count). The number of carbonyl (C=O) groups is 2. The molecule has 2 aliphatic carbocycles. The molecule has 5 aromatic carbocycles. The van der Waals surface area contributed by atoms with E-state index in [1.54, 1.807) is 36.4 Å². The van der Waals surface area contributed by atoms with Crippen molar-refractivity contribution < 1.29 is 53.4 Å². The summed E-state index contributed by atoms with van der Waals surface area (Å²) in [7, 11) is -15.2. The second kappa shape index (κ2) is 16.2. The van der Waals surface area contributed by atoms with Crippen LogP contribution in [0.1, 0.15) is 31.8 Å². The van der Waals surface area contributed by atoms with Crippen LogP contribution in [0.3, 0.4) is 0 Å². The fraction of sp³-hybridized carbons (Fsp3) is 0. The molecule has 25 heteroatoms. The van der Waals surface area contributed by atoms with Crippen LogP contribution < -0.4 is 22.3 Å². The number of nitrogens with one attached hydrogen (secondary N) is 2. The van der Waals surface area contributed by atoms with Crippen LogP contribution in [0.2, 0.25) is 0 Å². The molecule has 0 fully saturated rings. The topological polar surface area (TPSA) is 366 Å². The molecule has 0 amide bonds. The average Bonchev–Trinajstić information content (AvgIpc) is 3.21. The van der Waals surface area contributed by atoms with Gasteiger partial charge in [-0.05, 0) is 82.9 Å². The van der Waals surface area contributed by atoms with Crippen molar-refractivity contribution in [2.24, 2.45) is 20.4 Å². The fourth-order valence-corrected chi connectivity index (χ4v) is 8.26. The first kappa shape index (κ1) is 43.3. The zero-order valence-corrected chi connectivity index (χ0v) is 33.9. The van der Waals surface area contributed by atoms with Gasteiger partial charge in [-0.2, -0.15) is 40.6 Å². The molecule has 0 atom stereocenters. The van der Waals surface area contributed by atoms with Gasteiger partial charge in [0.15, 0.2) is 11.4 Å². The highest BCUT2D eigenvalue weighted by Gasteiger charge is 2.37. The third-order valence-electron chi connectivity index (χ3n) is 9.24. The lowest BCUT2D eigenvalue weighted by molar-refractivity contribution is -0.384. The van der Waals surface area contributed by atoms with Crippen LogP contribution in [0.4, 0.5) is 39.8 Å². The normalized spacial score (nSPS) is 15.5. The predicted molar refractivity (Wildman–Crippen MR) is 231 cm³/mol. The summed E-state index contributed by atoms with van der Waals surface area (Å²) in [6.07, 6.45) is 1.81. The maximum absolute atomic E-state index is 13.9. The molecular weight excluding hydrogens is 887 g/mol. The smallest absolute Gasteiger partial charge is 0.296 e. The molecule has 320 valence electrons. The molecular formula is C38H27N9O13S3. The molecule has 0 unspecified atom stereocenters. The standard InChI is InChI=1S/C38H27N9O13S3/c39-27-3-1-2-21-16-29(62(55,56)57)35(37(48)31(21)27)45-42-23-8-4-19(5-9-23)20-6-10-24(11-7-20)43-46-36-30(63(58,59)60)18-22-17-28(61(52,53)54)34(33(40)32(22)38(36)49)44-41-25-12-14-26(15-13-25)47(50)51/h1-18,42-43H,39-40H2,(H,52,53,54)(H,55,56,57)(H,58,59,60). The summed E-state index contributed by atoms with van der Waals surface area (Å²) in [6.45, 7) is 0. The average molecular weight is 914 g/mol. The SMILES string of the molecule is Nc1cccc2c1C(=O)C(=NNc1ccc(-c3ccc(NN=C4C(=O)c5c(cc(S(=O)(=O)O)c(N=Nc6ccc([N+](=O)[O-])cc6)c5N)C=C4S(=O)(=O)O)cc3)cc1)C(S(=O)(=O)O)=C2. The van der Waals surface area contributed by atoms with Gasteiger partial charge < -0.3 is 11.5 Å². The van der Waals surface area contributed by atoms with Gasteiger partial charge in [-0.15, -0.1) is 5.11 Å². The van der Waals surface area contributed by atoms with Crippen LogP contribution >= 0.6 is 0 Å². The van der Waals surface area contributed by atoms with Crippen LogP contribution in [-0.4, -0.2) is 66.8 Å². The minimum absolute atomic E-state index is 0.0141. The van der Waals surface area contributed by atoms with Gasteiger partial charge in [-0.25, -0.2) is 0 Å². The van der Waals surface area contributed by atoms with Gasteiger partial charge in [0.25, 0.3) is 36.0 Å². The molecule has 0 saturated carbocycles. The number of benzene rings is 5. The summed E-state index contributed by atoms with van der Waals surface area (Å²) in [6, 6.07) is 22.3. The minimum Gasteiger partial charge on any atom is -0.398 e. The molecule has 22 nitrogen and oxygen atoms in total. The van der Waals surface area contributed by atoms with E-state index in [0.29, 0.717) is 29.0 Å². The zero-order valence-electron chi connectivity index (χ0n) is 31.4. The highest BCUT2D eigenvalue weighted by atomic mass is 32.2. The van der Waals surface area contributed by atoms with E-state index in [9.17, 15) is 58.6 Å². The Bertz CT molecular complexity index is 3310. The van der Waals surface area contributed by atoms with E-state index in [0.717, 1.165) is 18.2 Å². The Morgan fingerprint density at radius 3 is 1.57 bits per heavy atom. The lowest BCUT2D eigenvalue weighted by Gasteiger charge is -2.20. The lowest BCUT2D eigenvalue weighted by atomic mass is 9.92. The Morgan fingerprint density at radius 2 is 1.10 bits per heavy atom. The number of nitrogen functional groups attached to an aromatic ring is 2. The second-order valence-corrected chi connectivity index (χ2v) is 17.5. The number of Topliss-reactive ketones (excluding diaryl/α,β-unsaturated/α-hetero) is 2. The first-order valence-corrected chi connectivity index (χ1v) is 21.8. The van der Waals surface area contributed by atoms with Gasteiger partial charge in [0.2, 0.25) is 11.6 Å². The van der Waals surface area contributed by atoms with Gasteiger partial charge in [-0.1, -0.05) is 36.4 Å². The van der Waals surface area contributed by atoms with E-state index >= 15 is 0 Å². The van der Waals surface area contributed by atoms with Gasteiger partial charge in [0.05, 0.1) is 38.8 Å². The number of non-ortho nitro benzene ring substituents is 1. The number of nitro benzene ring substituents is 1. The number of hydrogen-bond acceptors (Lipinski definition) is 18. The molecule has 63 heavy (non-hydrogen) atoms. The number of nitrogens with two attached hydrogens (primary N) is 2. The highest BCUT2D eigenvalue weighted by molar-refractivity contribution is 7.91. The maximum atomic E-state index is 13.9. The van der Waals surface area contributed by atoms with E-state index in [-0.39, 0.29) is 33.9 Å². The largest absolute Gasteiger partial charge is 0.398 e. The van der Waals surface area contributed by atoms with E-state index in [4.69, 9.17) is 11.5 Å². The zero-order chi connectivity index (χ0) is 45.6. The van der Waals surface area contributed by atoms with Crippen molar-refractivity contribution in [3.05, 3.63) is 139 Å². The Balaban J connectivity index is 1.13. The number of allylic oxidation sites excluding steroid dienone is 2. The van der Waals surface area contributed by atoms with Gasteiger partial charge >= 0.3 is 0 Å². The Hall–Kier alpha value is -7.81. The number of ketones is 2. The second-order valence-electron chi connectivity index (χ2n) is 13.3. The lowest BCUT2D eigenvalue weighted by Crippen LogP contribution is -2.28. The summed E-state index contributed by atoms with van der Waals surface area (Å²) >= 11 is 0. The van der Waals surface area contributed by atoms with Crippen molar-refractivity contribution in [2.75, 3.05) is 22.3 Å². The number of hydrazone groups is 2. The quantitative estimate of drug-likeness (QED) is 0.0267. The molecule has 0 aromatic heterocycles. The number of fused-ring (bicyclic) bond motifs is 2. The van der Waals surface area contributed by atoms with Crippen molar-refractivity contribution in [2.45, 2.75) is 4.90 Å². The highest BCUT2D eigenvalue weighted by Crippen LogP contribution is 2.41. The summed E-state index contributed by atoms with van der Waals surface area (Å²) in [5, 5.41) is 26.5. The van der Waals surface area contributed by atoms with E-state index in [2.05, 4.69) is 31.3 Å². The van der Waals surface area contributed by atoms with Crippen LogP contribution in [0.25, 0.3) is 23.3 Å². The summed E-state index contributed by atoms with van der Waals surface area (Å²) in [5.74, 6) is -2.03. The number of anilines is 4. The Labute approximate surface area is 355 Å².